The Morgan fingerprint density at radius 3 is 2.56 bits per heavy atom. The molecule has 1 aromatic rings. The topological polar surface area (TPSA) is 53.1 Å². The van der Waals surface area contributed by atoms with Crippen LogP contribution in [0.2, 0.25) is 0 Å². The molecule has 18 heavy (non-hydrogen) atoms. The summed E-state index contributed by atoms with van der Waals surface area (Å²) in [6.07, 6.45) is 1.25. The van der Waals surface area contributed by atoms with E-state index in [0.29, 0.717) is 6.04 Å². The smallest absolute Gasteiger partial charge is 0.0995 e. The lowest BCUT2D eigenvalue weighted by Gasteiger charge is -2.26. The van der Waals surface area contributed by atoms with Crippen LogP contribution in [-0.4, -0.2) is 29.9 Å². The Bertz CT molecular complexity index is 401. The summed E-state index contributed by atoms with van der Waals surface area (Å²) in [4.78, 5) is 2.46. The number of likely N-dealkylation sites (tertiary alicyclic amines) is 1. The van der Waals surface area contributed by atoms with E-state index in [2.05, 4.69) is 30.9 Å². The van der Waals surface area contributed by atoms with Gasteiger partial charge in [0.15, 0.2) is 0 Å². The fourth-order valence-corrected chi connectivity index (χ4v) is 2.94. The van der Waals surface area contributed by atoms with Crippen molar-refractivity contribution in [1.29, 1.82) is 5.41 Å². The van der Waals surface area contributed by atoms with Crippen molar-refractivity contribution in [2.24, 2.45) is 11.7 Å². The van der Waals surface area contributed by atoms with Gasteiger partial charge in [-0.05, 0) is 24.8 Å². The Morgan fingerprint density at radius 2 is 2.06 bits per heavy atom. The summed E-state index contributed by atoms with van der Waals surface area (Å²) < 4.78 is 0. The van der Waals surface area contributed by atoms with Crippen LogP contribution < -0.4 is 5.73 Å². The number of nitrogens with one attached hydrogen (secondary N) is 1. The van der Waals surface area contributed by atoms with Crippen molar-refractivity contribution in [1.82, 2.24) is 4.90 Å². The summed E-state index contributed by atoms with van der Waals surface area (Å²) in [5, 5.41) is 7.82. The maximum absolute atomic E-state index is 7.82. The van der Waals surface area contributed by atoms with Crippen LogP contribution in [0.5, 0.6) is 0 Å². The maximum atomic E-state index is 7.82. The Hall–Kier alpha value is -1.35. The van der Waals surface area contributed by atoms with Crippen LogP contribution in [0.4, 0.5) is 0 Å². The number of nitrogens with zero attached hydrogens (tertiary/aromatic N) is 1. The predicted molar refractivity (Wildman–Crippen MR) is 75.9 cm³/mol. The van der Waals surface area contributed by atoms with Gasteiger partial charge in [-0.1, -0.05) is 37.3 Å². The molecule has 3 atom stereocenters. The molecule has 0 radical (unpaired) electrons. The molecule has 3 nitrogen and oxygen atoms in total. The lowest BCUT2D eigenvalue weighted by Crippen LogP contribution is -2.36. The highest BCUT2D eigenvalue weighted by Crippen LogP contribution is 2.26. The molecule has 1 fully saturated rings. The summed E-state index contributed by atoms with van der Waals surface area (Å²) in [6, 6.07) is 10.8. The van der Waals surface area contributed by atoms with Crippen LogP contribution in [0.15, 0.2) is 30.3 Å². The summed E-state index contributed by atoms with van der Waals surface area (Å²) >= 11 is 0. The number of amidine groups is 1. The molecule has 1 heterocycles. The molecule has 3 unspecified atom stereocenters. The minimum absolute atomic E-state index is 0.0268. The lowest BCUT2D eigenvalue weighted by molar-refractivity contribution is 0.262. The van der Waals surface area contributed by atoms with E-state index in [1.807, 2.05) is 18.2 Å². The summed E-state index contributed by atoms with van der Waals surface area (Å²) in [5.41, 5.74) is 6.93. The van der Waals surface area contributed by atoms with E-state index in [1.54, 1.807) is 0 Å². The zero-order valence-electron chi connectivity index (χ0n) is 11.3. The Balaban J connectivity index is 2.10. The van der Waals surface area contributed by atoms with Crippen molar-refractivity contribution in [3.63, 3.8) is 0 Å². The van der Waals surface area contributed by atoms with Crippen molar-refractivity contribution >= 4 is 5.84 Å². The lowest BCUT2D eigenvalue weighted by atomic mass is 9.97. The van der Waals surface area contributed by atoms with Crippen molar-refractivity contribution in [2.45, 2.75) is 32.2 Å². The second kappa shape index (κ2) is 5.53. The molecule has 0 saturated carbocycles. The largest absolute Gasteiger partial charge is 0.387 e. The van der Waals surface area contributed by atoms with Crippen LogP contribution in [-0.2, 0) is 0 Å². The first kappa shape index (κ1) is 13.1. The standard InChI is InChI=1S/C15H23N3/c1-11-8-12(2)18(9-11)10-14(15(16)17)13-6-4-3-5-7-13/h3-7,11-12,14H,8-10H2,1-2H3,(H3,16,17). The number of benzene rings is 1. The first-order valence-electron chi connectivity index (χ1n) is 6.71. The summed E-state index contributed by atoms with van der Waals surface area (Å²) in [6.45, 7) is 6.55. The van der Waals surface area contributed by atoms with Crippen LogP contribution in [0.1, 0.15) is 31.7 Å². The highest BCUT2D eigenvalue weighted by Gasteiger charge is 2.29. The van der Waals surface area contributed by atoms with E-state index in [4.69, 9.17) is 11.1 Å². The molecular weight excluding hydrogens is 222 g/mol. The molecule has 0 aliphatic carbocycles. The van der Waals surface area contributed by atoms with Crippen molar-refractivity contribution in [2.75, 3.05) is 13.1 Å². The van der Waals surface area contributed by atoms with Crippen molar-refractivity contribution in [3.05, 3.63) is 35.9 Å². The second-order valence-corrected chi connectivity index (χ2v) is 5.56. The quantitative estimate of drug-likeness (QED) is 0.632. The van der Waals surface area contributed by atoms with E-state index >= 15 is 0 Å². The normalized spacial score (nSPS) is 26.1. The minimum atomic E-state index is 0.0268. The molecule has 0 aromatic heterocycles. The fraction of sp³-hybridized carbons (Fsp3) is 0.533. The molecule has 0 spiro atoms. The molecule has 2 rings (SSSR count). The van der Waals surface area contributed by atoms with Gasteiger partial charge in [0.25, 0.3) is 0 Å². The van der Waals surface area contributed by atoms with Gasteiger partial charge in [0.1, 0.15) is 0 Å². The third-order valence-corrected chi connectivity index (χ3v) is 3.91. The monoisotopic (exact) mass is 245 g/mol. The van der Waals surface area contributed by atoms with E-state index in [0.717, 1.165) is 24.6 Å². The highest BCUT2D eigenvalue weighted by atomic mass is 15.2. The van der Waals surface area contributed by atoms with E-state index < -0.39 is 0 Å². The van der Waals surface area contributed by atoms with Gasteiger partial charge in [0.05, 0.1) is 11.8 Å². The van der Waals surface area contributed by atoms with Gasteiger partial charge in [-0.3, -0.25) is 10.3 Å². The van der Waals surface area contributed by atoms with Gasteiger partial charge < -0.3 is 5.73 Å². The predicted octanol–water partition coefficient (Wildman–Crippen LogP) is 2.44. The number of nitrogens with two attached hydrogens (primary N) is 1. The first-order chi connectivity index (χ1) is 8.58. The van der Waals surface area contributed by atoms with Gasteiger partial charge in [-0.15, -0.1) is 0 Å². The summed E-state index contributed by atoms with van der Waals surface area (Å²) in [7, 11) is 0. The van der Waals surface area contributed by atoms with Gasteiger partial charge in [0, 0.05) is 19.1 Å². The van der Waals surface area contributed by atoms with Crippen LogP contribution >= 0.6 is 0 Å². The van der Waals surface area contributed by atoms with Gasteiger partial charge in [-0.25, -0.2) is 0 Å². The molecule has 3 N–H and O–H groups in total. The Labute approximate surface area is 109 Å². The third-order valence-electron chi connectivity index (χ3n) is 3.91. The van der Waals surface area contributed by atoms with E-state index in [-0.39, 0.29) is 11.8 Å². The van der Waals surface area contributed by atoms with Crippen LogP contribution in [0, 0.1) is 11.3 Å². The average Bonchev–Trinajstić information content (AvgIpc) is 2.65. The zero-order chi connectivity index (χ0) is 13.1. The van der Waals surface area contributed by atoms with Gasteiger partial charge in [0.2, 0.25) is 0 Å². The molecular formula is C15H23N3. The Morgan fingerprint density at radius 1 is 1.39 bits per heavy atom. The molecule has 0 bridgehead atoms. The van der Waals surface area contributed by atoms with E-state index in [9.17, 15) is 0 Å². The molecule has 1 aliphatic rings. The molecule has 1 saturated heterocycles. The van der Waals surface area contributed by atoms with E-state index in [1.165, 1.54) is 6.42 Å². The number of hydrogen-bond donors (Lipinski definition) is 2. The third kappa shape index (κ3) is 2.91. The van der Waals surface area contributed by atoms with Gasteiger partial charge in [-0.2, -0.15) is 0 Å². The highest BCUT2D eigenvalue weighted by molar-refractivity contribution is 5.84. The van der Waals surface area contributed by atoms with Gasteiger partial charge >= 0.3 is 0 Å². The van der Waals surface area contributed by atoms with Crippen LogP contribution in [0.3, 0.4) is 0 Å². The molecule has 1 aliphatic heterocycles. The van der Waals surface area contributed by atoms with Crippen molar-refractivity contribution in [3.8, 4) is 0 Å². The SMILES string of the molecule is CC1CC(C)N(CC(C(=N)N)c2ccccc2)C1. The molecule has 0 amide bonds. The number of rotatable bonds is 4. The van der Waals surface area contributed by atoms with Crippen LogP contribution in [0.25, 0.3) is 0 Å². The maximum Gasteiger partial charge on any atom is 0.0995 e. The first-order valence-corrected chi connectivity index (χ1v) is 6.71. The number of hydrogen-bond acceptors (Lipinski definition) is 2. The average molecular weight is 245 g/mol. The summed E-state index contributed by atoms with van der Waals surface area (Å²) in [5.74, 6) is 1.05. The molecule has 3 heteroatoms. The zero-order valence-corrected chi connectivity index (χ0v) is 11.3. The van der Waals surface area contributed by atoms with Crippen molar-refractivity contribution < 1.29 is 0 Å². The fourth-order valence-electron chi connectivity index (χ4n) is 2.94. The molecule has 98 valence electrons. The minimum Gasteiger partial charge on any atom is -0.387 e. The molecule has 1 aromatic carbocycles. The Kier molecular flexibility index (Phi) is 4.02. The second-order valence-electron chi connectivity index (χ2n) is 5.56.